The molecule has 0 bridgehead atoms. The van der Waals surface area contributed by atoms with E-state index >= 15 is 0 Å². The standard InChI is InChI=1S/C20H19F3N6OS/c1-2-13-16(25-8-5-10-28-11-9-24-12-28)18(30)29(27-17(13)20(21,22)23)19-26-14-6-3-4-7-15(14)31-19/h3-4,6-7,9,11-12,25H,2,5,8,10H2,1H3. The average molecular weight is 448 g/mol. The lowest BCUT2D eigenvalue weighted by Gasteiger charge is -2.17. The second-order valence-corrected chi connectivity index (χ2v) is 7.82. The highest BCUT2D eigenvalue weighted by Crippen LogP contribution is 2.33. The highest BCUT2D eigenvalue weighted by atomic mass is 32.1. The zero-order valence-electron chi connectivity index (χ0n) is 16.6. The SMILES string of the molecule is CCc1c(C(F)(F)F)nn(-c2nc3ccccc3s2)c(=O)c1NCCCn1ccnc1. The second-order valence-electron chi connectivity index (χ2n) is 6.82. The normalized spacial score (nSPS) is 11.9. The number of hydrogen-bond donors (Lipinski definition) is 1. The minimum Gasteiger partial charge on any atom is -0.380 e. The summed E-state index contributed by atoms with van der Waals surface area (Å²) >= 11 is 1.12. The summed E-state index contributed by atoms with van der Waals surface area (Å²) in [6.45, 7) is 2.52. The van der Waals surface area contributed by atoms with Gasteiger partial charge in [-0.15, -0.1) is 0 Å². The summed E-state index contributed by atoms with van der Waals surface area (Å²) in [6.07, 6.45) is 1.02. The number of rotatable bonds is 7. The van der Waals surface area contributed by atoms with E-state index in [1.807, 2.05) is 4.57 Å². The first-order valence-electron chi connectivity index (χ1n) is 9.67. The summed E-state index contributed by atoms with van der Waals surface area (Å²) in [5.41, 5.74) is -1.36. The third kappa shape index (κ3) is 4.31. The first-order chi connectivity index (χ1) is 14.9. The molecular formula is C20H19F3N6OS. The summed E-state index contributed by atoms with van der Waals surface area (Å²) < 4.78 is 44.7. The molecule has 0 unspecified atom stereocenters. The molecule has 3 aromatic heterocycles. The molecule has 0 aliphatic heterocycles. The minimum atomic E-state index is -4.70. The van der Waals surface area contributed by atoms with Gasteiger partial charge in [-0.1, -0.05) is 30.4 Å². The number of nitrogens with one attached hydrogen (secondary N) is 1. The van der Waals surface area contributed by atoms with E-state index in [-0.39, 0.29) is 22.8 Å². The lowest BCUT2D eigenvalue weighted by molar-refractivity contribution is -0.142. The quantitative estimate of drug-likeness (QED) is 0.431. The van der Waals surface area contributed by atoms with Crippen LogP contribution in [0.3, 0.4) is 0 Å². The van der Waals surface area contributed by atoms with Crippen molar-refractivity contribution in [3.8, 4) is 5.13 Å². The smallest absolute Gasteiger partial charge is 0.380 e. The van der Waals surface area contributed by atoms with Crippen LogP contribution >= 0.6 is 11.3 Å². The van der Waals surface area contributed by atoms with Gasteiger partial charge in [0.2, 0.25) is 5.13 Å². The molecule has 31 heavy (non-hydrogen) atoms. The molecule has 3 heterocycles. The van der Waals surface area contributed by atoms with E-state index in [1.165, 1.54) is 0 Å². The number of para-hydroxylation sites is 1. The Balaban J connectivity index is 1.74. The predicted molar refractivity (Wildman–Crippen MR) is 113 cm³/mol. The molecule has 1 N–H and O–H groups in total. The van der Waals surface area contributed by atoms with Crippen molar-refractivity contribution in [1.29, 1.82) is 0 Å². The third-order valence-corrected chi connectivity index (χ3v) is 5.75. The Morgan fingerprint density at radius 2 is 2.03 bits per heavy atom. The molecule has 0 aliphatic carbocycles. The van der Waals surface area contributed by atoms with Crippen LogP contribution in [0.1, 0.15) is 24.6 Å². The van der Waals surface area contributed by atoms with Crippen LogP contribution in [0.25, 0.3) is 15.3 Å². The molecule has 162 valence electrons. The number of aromatic nitrogens is 5. The highest BCUT2D eigenvalue weighted by molar-refractivity contribution is 7.20. The van der Waals surface area contributed by atoms with Gasteiger partial charge in [0.25, 0.3) is 5.56 Å². The molecule has 11 heteroatoms. The van der Waals surface area contributed by atoms with Crippen molar-refractivity contribution in [3.63, 3.8) is 0 Å². The van der Waals surface area contributed by atoms with Gasteiger partial charge < -0.3 is 9.88 Å². The summed E-state index contributed by atoms with van der Waals surface area (Å²) in [4.78, 5) is 21.4. The number of benzene rings is 1. The number of imidazole rings is 1. The van der Waals surface area contributed by atoms with Crippen LogP contribution in [-0.2, 0) is 19.1 Å². The van der Waals surface area contributed by atoms with Gasteiger partial charge in [-0.2, -0.15) is 23.0 Å². The number of fused-ring (bicyclic) bond motifs is 1. The Hall–Kier alpha value is -3.21. The number of hydrogen-bond acceptors (Lipinski definition) is 6. The van der Waals surface area contributed by atoms with Crippen molar-refractivity contribution in [2.75, 3.05) is 11.9 Å². The fourth-order valence-corrected chi connectivity index (χ4v) is 4.20. The number of thiazole rings is 1. The molecule has 4 rings (SSSR count). The first kappa shape index (κ1) is 21.0. The van der Waals surface area contributed by atoms with E-state index < -0.39 is 17.4 Å². The number of halogens is 3. The van der Waals surface area contributed by atoms with E-state index in [0.717, 1.165) is 20.7 Å². The molecule has 1 aromatic carbocycles. The maximum Gasteiger partial charge on any atom is 0.435 e. The van der Waals surface area contributed by atoms with Crippen LogP contribution < -0.4 is 10.9 Å². The van der Waals surface area contributed by atoms with Gasteiger partial charge in [-0.25, -0.2) is 9.97 Å². The van der Waals surface area contributed by atoms with E-state index in [1.54, 1.807) is 49.9 Å². The molecular weight excluding hydrogens is 429 g/mol. The molecule has 0 radical (unpaired) electrons. The van der Waals surface area contributed by atoms with E-state index in [9.17, 15) is 18.0 Å². The van der Waals surface area contributed by atoms with Crippen molar-refractivity contribution < 1.29 is 13.2 Å². The van der Waals surface area contributed by atoms with Crippen molar-refractivity contribution >= 4 is 27.2 Å². The summed E-state index contributed by atoms with van der Waals surface area (Å²) in [7, 11) is 0. The summed E-state index contributed by atoms with van der Waals surface area (Å²) in [5.74, 6) is 0. The van der Waals surface area contributed by atoms with Crippen molar-refractivity contribution in [1.82, 2.24) is 24.3 Å². The topological polar surface area (TPSA) is 77.6 Å². The Morgan fingerprint density at radius 3 is 2.71 bits per heavy atom. The van der Waals surface area contributed by atoms with Gasteiger partial charge >= 0.3 is 6.18 Å². The second kappa shape index (κ2) is 8.50. The van der Waals surface area contributed by atoms with Gasteiger partial charge in [0, 0.05) is 31.0 Å². The maximum absolute atomic E-state index is 13.8. The highest BCUT2D eigenvalue weighted by Gasteiger charge is 2.38. The lowest BCUT2D eigenvalue weighted by atomic mass is 10.1. The molecule has 0 spiro atoms. The average Bonchev–Trinajstić information content (AvgIpc) is 3.40. The maximum atomic E-state index is 13.8. The van der Waals surface area contributed by atoms with E-state index in [0.29, 0.717) is 25.0 Å². The van der Waals surface area contributed by atoms with Gasteiger partial charge in [-0.3, -0.25) is 4.79 Å². The molecule has 7 nitrogen and oxygen atoms in total. The molecule has 0 saturated heterocycles. The number of aryl methyl sites for hydroxylation is 1. The Morgan fingerprint density at radius 1 is 1.23 bits per heavy atom. The molecule has 4 aromatic rings. The van der Waals surface area contributed by atoms with Crippen LogP contribution in [0.4, 0.5) is 18.9 Å². The van der Waals surface area contributed by atoms with Crippen LogP contribution in [0.15, 0.2) is 47.8 Å². The zero-order valence-corrected chi connectivity index (χ0v) is 17.4. The van der Waals surface area contributed by atoms with E-state index in [2.05, 4.69) is 20.4 Å². The number of alkyl halides is 3. The van der Waals surface area contributed by atoms with Crippen LogP contribution in [0.5, 0.6) is 0 Å². The third-order valence-electron chi connectivity index (χ3n) is 4.73. The lowest BCUT2D eigenvalue weighted by Crippen LogP contribution is -2.31. The Labute approximate surface area is 179 Å². The largest absolute Gasteiger partial charge is 0.435 e. The minimum absolute atomic E-state index is 0.0155. The predicted octanol–water partition coefficient (Wildman–Crippen LogP) is 4.12. The Kier molecular flexibility index (Phi) is 5.77. The summed E-state index contributed by atoms with van der Waals surface area (Å²) in [6, 6.07) is 7.11. The first-order valence-corrected chi connectivity index (χ1v) is 10.5. The van der Waals surface area contributed by atoms with Crippen molar-refractivity contribution in [2.45, 2.75) is 32.5 Å². The fourth-order valence-electron chi connectivity index (χ4n) is 3.29. The van der Waals surface area contributed by atoms with Crippen LogP contribution in [-0.4, -0.2) is 30.9 Å². The van der Waals surface area contributed by atoms with Crippen LogP contribution in [0.2, 0.25) is 0 Å². The van der Waals surface area contributed by atoms with E-state index in [4.69, 9.17) is 0 Å². The van der Waals surface area contributed by atoms with Crippen LogP contribution in [0, 0.1) is 0 Å². The van der Waals surface area contributed by atoms with Gasteiger partial charge in [-0.05, 0) is 25.0 Å². The number of nitrogens with zero attached hydrogens (tertiary/aromatic N) is 5. The molecule has 0 aliphatic rings. The van der Waals surface area contributed by atoms with Crippen molar-refractivity contribution in [2.24, 2.45) is 0 Å². The molecule has 0 saturated carbocycles. The number of anilines is 1. The van der Waals surface area contributed by atoms with Gasteiger partial charge in [0.05, 0.1) is 16.5 Å². The van der Waals surface area contributed by atoms with Gasteiger partial charge in [0.15, 0.2) is 5.69 Å². The Bertz CT molecular complexity index is 1210. The molecule has 0 atom stereocenters. The zero-order chi connectivity index (χ0) is 22.0. The van der Waals surface area contributed by atoms with Crippen molar-refractivity contribution in [3.05, 3.63) is 64.6 Å². The van der Waals surface area contributed by atoms with Gasteiger partial charge in [0.1, 0.15) is 5.69 Å². The molecule has 0 fully saturated rings. The fraction of sp³-hybridized carbons (Fsp3) is 0.300. The molecule has 0 amide bonds. The summed E-state index contributed by atoms with van der Waals surface area (Å²) in [5, 5.41) is 6.70. The monoisotopic (exact) mass is 448 g/mol.